The van der Waals surface area contributed by atoms with Gasteiger partial charge < -0.3 is 10.6 Å². The van der Waals surface area contributed by atoms with Crippen LogP contribution in [-0.2, 0) is 5.41 Å². The van der Waals surface area contributed by atoms with E-state index in [9.17, 15) is 4.39 Å². The summed E-state index contributed by atoms with van der Waals surface area (Å²) in [6.45, 7) is 4.07. The van der Waals surface area contributed by atoms with Crippen LogP contribution in [0, 0.1) is 11.6 Å². The number of rotatable bonds is 1. The van der Waals surface area contributed by atoms with Gasteiger partial charge in [0.2, 0.25) is 0 Å². The summed E-state index contributed by atoms with van der Waals surface area (Å²) in [7, 11) is 0. The van der Waals surface area contributed by atoms with Gasteiger partial charge in [-0.15, -0.1) is 0 Å². The topological polar surface area (TPSA) is 49.8 Å². The number of hydrogen-bond acceptors (Lipinski definition) is 4. The molecule has 6 heteroatoms. The summed E-state index contributed by atoms with van der Waals surface area (Å²) < 4.78 is 29.4. The minimum absolute atomic E-state index is 0.226. The van der Waals surface area contributed by atoms with E-state index in [1.165, 1.54) is 6.07 Å². The molecule has 0 saturated heterocycles. The number of pyridine rings is 2. The Morgan fingerprint density at radius 2 is 1.50 bits per heavy atom. The lowest BCUT2D eigenvalue weighted by atomic mass is 9.84. The molecule has 1 atom stereocenters. The lowest BCUT2D eigenvalue weighted by Gasteiger charge is -2.28. The van der Waals surface area contributed by atoms with E-state index in [2.05, 4.69) is 10.6 Å². The fourth-order valence-corrected chi connectivity index (χ4v) is 4.02. The number of nitrogens with zero attached hydrogens (tertiary/aromatic N) is 2. The highest BCUT2D eigenvalue weighted by molar-refractivity contribution is 5.77. The van der Waals surface area contributed by atoms with Crippen LogP contribution in [0.1, 0.15) is 37.0 Å². The van der Waals surface area contributed by atoms with Gasteiger partial charge >= 0.3 is 0 Å². The van der Waals surface area contributed by atoms with Crippen molar-refractivity contribution in [2.24, 2.45) is 0 Å². The molecule has 1 unspecified atom stereocenters. The van der Waals surface area contributed by atoms with Gasteiger partial charge in [-0.3, -0.25) is 4.98 Å². The van der Waals surface area contributed by atoms with Gasteiger partial charge in [-0.2, -0.15) is 0 Å². The first kappa shape index (κ1) is 20.1. The summed E-state index contributed by atoms with van der Waals surface area (Å²) in [4.78, 5) is 9.62. The van der Waals surface area contributed by atoms with Gasteiger partial charge in [-0.1, -0.05) is 42.5 Å². The largest absolute Gasteiger partial charge is 0.361 e. The van der Waals surface area contributed by atoms with E-state index in [4.69, 9.17) is 9.97 Å². The van der Waals surface area contributed by atoms with E-state index in [0.717, 1.165) is 23.0 Å². The third-order valence-corrected chi connectivity index (χ3v) is 5.81. The Kier molecular flexibility index (Phi) is 4.85. The average Bonchev–Trinajstić information content (AvgIpc) is 2.79. The minimum atomic E-state index is -0.671. The minimum Gasteiger partial charge on any atom is -0.361 e. The Morgan fingerprint density at radius 1 is 0.781 bits per heavy atom. The number of fused-ring (bicyclic) bond motifs is 6. The van der Waals surface area contributed by atoms with Crippen LogP contribution < -0.4 is 10.6 Å². The predicted octanol–water partition coefficient (Wildman–Crippen LogP) is 6.28. The molecule has 0 radical (unpaired) electrons. The molecule has 2 aromatic carbocycles. The molecule has 160 valence electrons. The quantitative estimate of drug-likeness (QED) is 0.374. The van der Waals surface area contributed by atoms with Crippen molar-refractivity contribution in [3.63, 3.8) is 0 Å². The van der Waals surface area contributed by atoms with Gasteiger partial charge in [0.05, 0.1) is 28.3 Å². The Balaban J connectivity index is 1.79. The lowest BCUT2D eigenvalue weighted by molar-refractivity contribution is 0.582. The number of halogens is 2. The van der Waals surface area contributed by atoms with Crippen LogP contribution in [0.3, 0.4) is 0 Å². The molecule has 3 heterocycles. The number of hydrogen-bond donors (Lipinski definition) is 2. The first-order valence-electron chi connectivity index (χ1n) is 10.4. The van der Waals surface area contributed by atoms with Crippen LogP contribution in [0.2, 0.25) is 0 Å². The highest BCUT2D eigenvalue weighted by Crippen LogP contribution is 2.37. The van der Waals surface area contributed by atoms with E-state index in [1.807, 2.05) is 74.5 Å². The van der Waals surface area contributed by atoms with E-state index in [-0.39, 0.29) is 5.56 Å². The molecule has 0 saturated carbocycles. The second kappa shape index (κ2) is 7.71. The molecule has 0 fully saturated rings. The zero-order chi connectivity index (χ0) is 22.3. The van der Waals surface area contributed by atoms with Gasteiger partial charge in [0.1, 0.15) is 23.6 Å². The predicted molar refractivity (Wildman–Crippen MR) is 122 cm³/mol. The third-order valence-electron chi connectivity index (χ3n) is 5.81. The summed E-state index contributed by atoms with van der Waals surface area (Å²) in [5, 5.41) is 6.67. The van der Waals surface area contributed by atoms with Crippen molar-refractivity contribution < 1.29 is 8.78 Å². The molecule has 4 aromatic rings. The molecule has 2 N–H and O–H groups in total. The summed E-state index contributed by atoms with van der Waals surface area (Å²) in [5.41, 5.74) is 2.91. The second-order valence-electron chi connectivity index (χ2n) is 8.38. The van der Waals surface area contributed by atoms with Gasteiger partial charge in [-0.25, -0.2) is 13.8 Å². The first-order chi connectivity index (χ1) is 15.4. The van der Waals surface area contributed by atoms with Gasteiger partial charge in [0.25, 0.3) is 0 Å². The Labute approximate surface area is 185 Å². The van der Waals surface area contributed by atoms with Gasteiger partial charge in [0, 0.05) is 11.5 Å². The Bertz CT molecular complexity index is 1290. The number of anilines is 2. The maximum Gasteiger partial charge on any atom is 0.137 e. The van der Waals surface area contributed by atoms with Gasteiger partial charge in [-0.05, 0) is 49.7 Å². The maximum atomic E-state index is 15.1. The third kappa shape index (κ3) is 3.58. The summed E-state index contributed by atoms with van der Waals surface area (Å²) in [6, 6.07) is 23.1. The van der Waals surface area contributed by atoms with Crippen LogP contribution in [0.25, 0.3) is 11.3 Å². The van der Waals surface area contributed by atoms with Gasteiger partial charge in [0.15, 0.2) is 0 Å². The molecule has 2 aromatic heterocycles. The molecule has 1 aliphatic heterocycles. The van der Waals surface area contributed by atoms with E-state index in [0.29, 0.717) is 17.2 Å². The zero-order valence-corrected chi connectivity index (χ0v) is 17.7. The lowest BCUT2D eigenvalue weighted by Crippen LogP contribution is -2.25. The molecule has 0 aliphatic carbocycles. The van der Waals surface area contributed by atoms with Crippen molar-refractivity contribution in [1.82, 2.24) is 9.97 Å². The van der Waals surface area contributed by atoms with Crippen LogP contribution in [0.4, 0.5) is 20.3 Å². The summed E-state index contributed by atoms with van der Waals surface area (Å²) in [6.07, 6.45) is -0.482. The molecule has 0 amide bonds. The maximum absolute atomic E-state index is 15.1. The fraction of sp³-hybridized carbons (Fsp3) is 0.154. The highest BCUT2D eigenvalue weighted by atomic mass is 19.1. The van der Waals surface area contributed by atoms with Crippen LogP contribution in [0.5, 0.6) is 0 Å². The van der Waals surface area contributed by atoms with E-state index >= 15 is 4.39 Å². The molecule has 4 bridgehead atoms. The first-order valence-corrected chi connectivity index (χ1v) is 10.4. The standard InChI is InChI=1S/C26H22F2N4/c1-26(2)21-11-6-10-19(29-21)24-18(28)14-17(27)15-20(24)30-25(16-8-4-3-5-9-16)32-23-13-7-12-22(26)31-23/h3-15,25,30H,1-2H3,(H,31,32). The number of aromatic nitrogens is 2. The van der Waals surface area contributed by atoms with Crippen molar-refractivity contribution >= 4 is 11.5 Å². The molecule has 32 heavy (non-hydrogen) atoms. The molecule has 1 aliphatic rings. The van der Waals surface area contributed by atoms with Crippen LogP contribution >= 0.6 is 0 Å². The molecule has 0 spiro atoms. The smallest absolute Gasteiger partial charge is 0.137 e. The molecule has 4 nitrogen and oxygen atoms in total. The highest BCUT2D eigenvalue weighted by Gasteiger charge is 2.29. The molecular weight excluding hydrogens is 406 g/mol. The summed E-state index contributed by atoms with van der Waals surface area (Å²) in [5.74, 6) is -0.688. The Morgan fingerprint density at radius 3 is 2.28 bits per heavy atom. The monoisotopic (exact) mass is 428 g/mol. The van der Waals surface area contributed by atoms with Crippen LogP contribution in [0.15, 0.2) is 78.9 Å². The van der Waals surface area contributed by atoms with E-state index < -0.39 is 23.2 Å². The second-order valence-corrected chi connectivity index (χ2v) is 8.38. The van der Waals surface area contributed by atoms with E-state index in [1.54, 1.807) is 6.07 Å². The zero-order valence-electron chi connectivity index (χ0n) is 17.7. The fourth-order valence-electron chi connectivity index (χ4n) is 4.02. The normalized spacial score (nSPS) is 16.6. The molecule has 5 rings (SSSR count). The van der Waals surface area contributed by atoms with Crippen molar-refractivity contribution in [3.8, 4) is 11.3 Å². The number of benzene rings is 2. The van der Waals surface area contributed by atoms with Crippen molar-refractivity contribution in [1.29, 1.82) is 0 Å². The van der Waals surface area contributed by atoms with Crippen molar-refractivity contribution in [2.75, 3.05) is 10.6 Å². The van der Waals surface area contributed by atoms with Crippen LogP contribution in [-0.4, -0.2) is 9.97 Å². The summed E-state index contributed by atoms with van der Waals surface area (Å²) >= 11 is 0. The van der Waals surface area contributed by atoms with Crippen molar-refractivity contribution in [2.45, 2.75) is 25.4 Å². The SMILES string of the molecule is CC1(C)c2cccc(n2)NC(c2ccccc2)Nc2cc(F)cc(F)c2-c2cccc1n2. The average molecular weight is 428 g/mol. The van der Waals surface area contributed by atoms with Crippen molar-refractivity contribution in [3.05, 3.63) is 107 Å². The molecular formula is C26H22F2N4. The Hall–Kier alpha value is -3.80. The number of nitrogens with one attached hydrogen (secondary N) is 2.